The van der Waals surface area contributed by atoms with Crippen molar-refractivity contribution in [1.29, 1.82) is 0 Å². The molecule has 1 N–H and O–H groups in total. The van der Waals surface area contributed by atoms with Crippen molar-refractivity contribution in [2.75, 3.05) is 5.75 Å². The first kappa shape index (κ1) is 24.4. The van der Waals surface area contributed by atoms with Crippen molar-refractivity contribution < 1.29 is 31.5 Å². The second kappa shape index (κ2) is 10.4. The quantitative estimate of drug-likeness (QED) is 0.369. The molecule has 0 atom stereocenters. The van der Waals surface area contributed by atoms with E-state index in [1.165, 1.54) is 39.8 Å². The fraction of sp³-hybridized carbons (Fsp3) is 0.250. The van der Waals surface area contributed by atoms with Crippen LogP contribution in [0.25, 0.3) is 0 Å². The zero-order valence-corrected chi connectivity index (χ0v) is 18.3. The Morgan fingerprint density at radius 3 is 2.30 bits per heavy atom. The topological polar surface area (TPSA) is 71.4 Å². The van der Waals surface area contributed by atoms with Crippen molar-refractivity contribution in [2.45, 2.75) is 24.6 Å². The van der Waals surface area contributed by atoms with Crippen LogP contribution in [0.2, 0.25) is 0 Å². The maximum Gasteiger partial charge on any atom is 0.416 e. The molecule has 0 amide bonds. The number of alkyl halides is 3. The van der Waals surface area contributed by atoms with Crippen LogP contribution in [0.4, 0.5) is 13.2 Å². The first-order valence-corrected chi connectivity index (χ1v) is 12.8. The molecule has 0 bridgehead atoms. The van der Waals surface area contributed by atoms with Crippen molar-refractivity contribution >= 4 is 37.4 Å². The van der Waals surface area contributed by atoms with Gasteiger partial charge in [0.15, 0.2) is 9.84 Å². The number of halogens is 3. The summed E-state index contributed by atoms with van der Waals surface area (Å²) in [6.45, 7) is 1.73. The smallest absolute Gasteiger partial charge is 0.416 e. The van der Waals surface area contributed by atoms with Crippen LogP contribution in [-0.2, 0) is 27.5 Å². The third-order valence-electron chi connectivity index (χ3n) is 3.98. The molecule has 0 fully saturated rings. The molecule has 0 heterocycles. The molecular formula is C20H19F3O4S3. The largest absolute Gasteiger partial charge is 0.478 e. The molecule has 0 saturated heterocycles. The van der Waals surface area contributed by atoms with Gasteiger partial charge >= 0.3 is 12.1 Å². The first-order valence-electron chi connectivity index (χ1n) is 8.60. The summed E-state index contributed by atoms with van der Waals surface area (Å²) < 4.78 is 61.9. The SMILES string of the molecule is Cc1cc(CSS/C=C\CS(=O)(=O)Cc2ccc(C(F)(F)F)cc2)ccc1C(=O)O. The highest BCUT2D eigenvalue weighted by molar-refractivity contribution is 8.77. The number of carboxylic acids is 1. The van der Waals surface area contributed by atoms with E-state index in [9.17, 15) is 26.4 Å². The Hall–Kier alpha value is -1.91. The van der Waals surface area contributed by atoms with E-state index >= 15 is 0 Å². The number of hydrogen-bond donors (Lipinski definition) is 1. The van der Waals surface area contributed by atoms with Crippen LogP contribution in [0, 0.1) is 6.92 Å². The van der Waals surface area contributed by atoms with Gasteiger partial charge in [0.1, 0.15) is 0 Å². The highest BCUT2D eigenvalue weighted by Crippen LogP contribution is 2.30. The molecule has 0 aliphatic carbocycles. The molecule has 4 nitrogen and oxygen atoms in total. The summed E-state index contributed by atoms with van der Waals surface area (Å²) in [5.74, 6) is -0.897. The molecule has 0 aromatic heterocycles. The third-order valence-corrected chi connectivity index (χ3v) is 7.44. The summed E-state index contributed by atoms with van der Waals surface area (Å²) in [6, 6.07) is 9.19. The van der Waals surface area contributed by atoms with Crippen LogP contribution in [0.15, 0.2) is 53.9 Å². The highest BCUT2D eigenvalue weighted by atomic mass is 33.1. The van der Waals surface area contributed by atoms with Gasteiger partial charge in [-0.1, -0.05) is 51.9 Å². The number of aryl methyl sites for hydroxylation is 1. The molecule has 10 heteroatoms. The van der Waals surface area contributed by atoms with Gasteiger partial charge in [-0.05, 0) is 47.2 Å². The molecule has 2 aromatic carbocycles. The molecular weight excluding hydrogens is 457 g/mol. The highest BCUT2D eigenvalue weighted by Gasteiger charge is 2.30. The van der Waals surface area contributed by atoms with Gasteiger partial charge in [0, 0.05) is 5.75 Å². The lowest BCUT2D eigenvalue weighted by atomic mass is 10.1. The molecule has 0 saturated carbocycles. The van der Waals surface area contributed by atoms with Gasteiger partial charge < -0.3 is 5.11 Å². The van der Waals surface area contributed by atoms with Crippen LogP contribution in [0.3, 0.4) is 0 Å². The van der Waals surface area contributed by atoms with Gasteiger partial charge in [-0.2, -0.15) is 13.2 Å². The number of carboxylic acid groups (broad SMARTS) is 1. The number of carbonyl (C=O) groups is 1. The van der Waals surface area contributed by atoms with Crippen molar-refractivity contribution in [1.82, 2.24) is 0 Å². The van der Waals surface area contributed by atoms with Gasteiger partial charge in [-0.3, -0.25) is 0 Å². The summed E-state index contributed by atoms with van der Waals surface area (Å²) in [5, 5.41) is 10.7. The molecule has 162 valence electrons. The fourth-order valence-electron chi connectivity index (χ4n) is 2.52. The third kappa shape index (κ3) is 7.73. The predicted octanol–water partition coefficient (Wildman–Crippen LogP) is 5.72. The van der Waals surface area contributed by atoms with Gasteiger partial charge in [0.05, 0.1) is 22.6 Å². The van der Waals surface area contributed by atoms with E-state index in [1.807, 2.05) is 0 Å². The summed E-state index contributed by atoms with van der Waals surface area (Å²) in [5.41, 5.74) is 1.38. The summed E-state index contributed by atoms with van der Waals surface area (Å²) in [4.78, 5) is 11.0. The number of hydrogen-bond acceptors (Lipinski definition) is 5. The van der Waals surface area contributed by atoms with Crippen molar-refractivity contribution in [3.05, 3.63) is 81.8 Å². The van der Waals surface area contributed by atoms with Crippen molar-refractivity contribution in [3.63, 3.8) is 0 Å². The maximum absolute atomic E-state index is 12.5. The van der Waals surface area contributed by atoms with Crippen LogP contribution in [-0.4, -0.2) is 25.2 Å². The zero-order chi connectivity index (χ0) is 22.4. The summed E-state index contributed by atoms with van der Waals surface area (Å²) >= 11 is 0. The summed E-state index contributed by atoms with van der Waals surface area (Å²) in [6.07, 6.45) is -2.96. The Balaban J connectivity index is 1.79. The van der Waals surface area contributed by atoms with Crippen LogP contribution < -0.4 is 0 Å². The Morgan fingerprint density at radius 1 is 1.10 bits per heavy atom. The molecule has 0 unspecified atom stereocenters. The van der Waals surface area contributed by atoms with Gasteiger partial charge in [0.25, 0.3) is 0 Å². The predicted molar refractivity (Wildman–Crippen MR) is 115 cm³/mol. The zero-order valence-electron chi connectivity index (χ0n) is 15.8. The van der Waals surface area contributed by atoms with E-state index in [0.717, 1.165) is 17.7 Å². The van der Waals surface area contributed by atoms with E-state index < -0.39 is 27.5 Å². The monoisotopic (exact) mass is 476 g/mol. The fourth-order valence-corrected chi connectivity index (χ4v) is 5.58. The second-order valence-electron chi connectivity index (χ2n) is 6.43. The molecule has 0 spiro atoms. The van der Waals surface area contributed by atoms with Crippen molar-refractivity contribution in [2.24, 2.45) is 0 Å². The minimum absolute atomic E-state index is 0.214. The Bertz CT molecular complexity index is 1010. The Kier molecular flexibility index (Phi) is 8.45. The van der Waals surface area contributed by atoms with Gasteiger partial charge in [-0.25, -0.2) is 13.2 Å². The van der Waals surface area contributed by atoms with E-state index in [2.05, 4.69) is 0 Å². The number of rotatable bonds is 9. The van der Waals surface area contributed by atoms with E-state index in [1.54, 1.807) is 30.5 Å². The average molecular weight is 477 g/mol. The number of benzene rings is 2. The standard InChI is InChI=1S/C20H19F3O4S3/c1-14-11-16(5-8-18(14)19(24)25)12-29-28-9-2-10-30(26,27)13-15-3-6-17(7-4-15)20(21,22)23/h2-9,11H,10,12-13H2,1H3,(H,24,25)/b9-2-. The molecule has 0 aliphatic heterocycles. The minimum Gasteiger partial charge on any atom is -0.478 e. The first-order chi connectivity index (χ1) is 14.0. The van der Waals surface area contributed by atoms with Gasteiger partial charge in [-0.15, -0.1) is 0 Å². The lowest BCUT2D eigenvalue weighted by molar-refractivity contribution is -0.137. The van der Waals surface area contributed by atoms with E-state index in [0.29, 0.717) is 16.9 Å². The molecule has 0 radical (unpaired) electrons. The lowest BCUT2D eigenvalue weighted by Gasteiger charge is -2.07. The number of aromatic carboxylic acids is 1. The van der Waals surface area contributed by atoms with Gasteiger partial charge in [0.2, 0.25) is 0 Å². The Labute approximate surface area is 180 Å². The molecule has 2 rings (SSSR count). The molecule has 30 heavy (non-hydrogen) atoms. The average Bonchev–Trinajstić information content (AvgIpc) is 2.63. The summed E-state index contributed by atoms with van der Waals surface area (Å²) in [7, 11) is -0.672. The van der Waals surface area contributed by atoms with Crippen molar-refractivity contribution in [3.8, 4) is 0 Å². The lowest BCUT2D eigenvalue weighted by Crippen LogP contribution is -2.08. The van der Waals surface area contributed by atoms with Crippen LogP contribution >= 0.6 is 21.6 Å². The maximum atomic E-state index is 12.5. The van der Waals surface area contributed by atoms with E-state index in [4.69, 9.17) is 5.11 Å². The Morgan fingerprint density at radius 2 is 1.73 bits per heavy atom. The number of sulfone groups is 1. The second-order valence-corrected chi connectivity index (χ2v) is 10.8. The minimum atomic E-state index is -4.45. The molecule has 0 aliphatic rings. The van der Waals surface area contributed by atoms with E-state index in [-0.39, 0.29) is 17.1 Å². The van der Waals surface area contributed by atoms with Crippen LogP contribution in [0.5, 0.6) is 0 Å². The normalized spacial score (nSPS) is 12.4. The van der Waals surface area contributed by atoms with Crippen LogP contribution in [0.1, 0.15) is 32.6 Å². The molecule has 2 aromatic rings.